The van der Waals surface area contributed by atoms with E-state index in [1.807, 2.05) is 31.2 Å². The van der Waals surface area contributed by atoms with Crippen molar-refractivity contribution in [3.8, 4) is 0 Å². The molecule has 4 nitrogen and oxygen atoms in total. The monoisotopic (exact) mass is 311 g/mol. The van der Waals surface area contributed by atoms with E-state index in [0.717, 1.165) is 5.56 Å². The zero-order valence-electron chi connectivity index (χ0n) is 13.4. The molecule has 0 aromatic heterocycles. The first-order valence-corrected chi connectivity index (χ1v) is 7.64. The molecule has 2 aromatic rings. The summed E-state index contributed by atoms with van der Waals surface area (Å²) in [5, 5.41) is 11.9. The Hall–Kier alpha value is -2.62. The minimum absolute atomic E-state index is 0.0756. The van der Waals surface area contributed by atoms with Crippen molar-refractivity contribution >= 4 is 17.6 Å². The first kappa shape index (κ1) is 16.7. The largest absolute Gasteiger partial charge is 0.481 e. The highest BCUT2D eigenvalue weighted by Gasteiger charge is 2.14. The minimum atomic E-state index is -0.881. The van der Waals surface area contributed by atoms with E-state index in [2.05, 4.69) is 5.32 Å². The molecule has 4 heteroatoms. The van der Waals surface area contributed by atoms with Gasteiger partial charge in [0, 0.05) is 12.1 Å². The third kappa shape index (κ3) is 4.68. The van der Waals surface area contributed by atoms with Crippen LogP contribution in [0.3, 0.4) is 0 Å². The van der Waals surface area contributed by atoms with Gasteiger partial charge in [0.05, 0.1) is 5.92 Å². The summed E-state index contributed by atoms with van der Waals surface area (Å²) in [4.78, 5) is 23.1. The maximum absolute atomic E-state index is 12.1. The fourth-order valence-electron chi connectivity index (χ4n) is 2.39. The number of amides is 1. The lowest BCUT2D eigenvalue weighted by molar-refractivity contribution is -0.138. The fraction of sp³-hybridized carbons (Fsp3) is 0.263. The molecule has 2 rings (SSSR count). The first-order chi connectivity index (χ1) is 11.0. The molecule has 0 saturated heterocycles. The molecule has 120 valence electrons. The molecule has 0 fully saturated rings. The Labute approximate surface area is 136 Å². The summed E-state index contributed by atoms with van der Waals surface area (Å²) in [6.07, 6.45) is 1.08. The number of carbonyl (C=O) groups is 2. The van der Waals surface area contributed by atoms with Crippen LogP contribution in [0.4, 0.5) is 5.69 Å². The maximum atomic E-state index is 12.1. The zero-order valence-corrected chi connectivity index (χ0v) is 13.4. The number of carboxylic acid groups (broad SMARTS) is 1. The van der Waals surface area contributed by atoms with Crippen LogP contribution in [0.5, 0.6) is 0 Å². The van der Waals surface area contributed by atoms with Crippen LogP contribution in [0.25, 0.3) is 0 Å². The van der Waals surface area contributed by atoms with Crippen LogP contribution in [0.1, 0.15) is 36.0 Å². The number of hydrogen-bond acceptors (Lipinski definition) is 2. The van der Waals surface area contributed by atoms with Crippen LogP contribution in [0, 0.1) is 6.92 Å². The summed E-state index contributed by atoms with van der Waals surface area (Å²) < 4.78 is 0. The number of carbonyl (C=O) groups excluding carboxylic acids is 1. The number of aliphatic carboxylic acids is 1. The van der Waals surface area contributed by atoms with Crippen molar-refractivity contribution in [2.24, 2.45) is 0 Å². The van der Waals surface area contributed by atoms with Gasteiger partial charge in [0.1, 0.15) is 0 Å². The molecular weight excluding hydrogens is 290 g/mol. The Bertz CT molecular complexity index is 709. The number of rotatable bonds is 6. The predicted molar refractivity (Wildman–Crippen MR) is 90.6 cm³/mol. The maximum Gasteiger partial charge on any atom is 0.310 e. The third-order valence-corrected chi connectivity index (χ3v) is 3.92. The highest BCUT2D eigenvalue weighted by molar-refractivity contribution is 5.91. The predicted octanol–water partition coefficient (Wildman–Crippen LogP) is 3.75. The molecule has 2 N–H and O–H groups in total. The summed E-state index contributed by atoms with van der Waals surface area (Å²) in [7, 11) is 0. The van der Waals surface area contributed by atoms with E-state index in [-0.39, 0.29) is 5.91 Å². The smallest absolute Gasteiger partial charge is 0.310 e. The Morgan fingerprint density at radius 1 is 1.13 bits per heavy atom. The second kappa shape index (κ2) is 7.58. The number of anilines is 1. The number of hydrogen-bond donors (Lipinski definition) is 2. The highest BCUT2D eigenvalue weighted by atomic mass is 16.4. The van der Waals surface area contributed by atoms with E-state index in [0.29, 0.717) is 24.1 Å². The summed E-state index contributed by atoms with van der Waals surface area (Å²) in [6.45, 7) is 3.66. The zero-order chi connectivity index (χ0) is 16.8. The molecule has 0 saturated carbocycles. The lowest BCUT2D eigenvalue weighted by Gasteiger charge is -2.10. The molecule has 1 amide bonds. The molecular formula is C19H21NO3. The summed E-state index contributed by atoms with van der Waals surface area (Å²) in [6, 6.07) is 15.0. The van der Waals surface area contributed by atoms with Crippen molar-refractivity contribution < 1.29 is 14.7 Å². The highest BCUT2D eigenvalue weighted by Crippen LogP contribution is 2.20. The third-order valence-electron chi connectivity index (χ3n) is 3.92. The van der Waals surface area contributed by atoms with Crippen LogP contribution in [-0.2, 0) is 16.0 Å². The SMILES string of the molecule is Cc1ccccc1CCC(=O)Nc1cccc(C(C)C(=O)O)c1. The standard InChI is InChI=1S/C19H21NO3/c1-13-6-3-4-7-15(13)10-11-18(21)20-17-9-5-8-16(12-17)14(2)19(22)23/h3-9,12,14H,10-11H2,1-2H3,(H,20,21)(H,22,23). The average Bonchev–Trinajstić information content (AvgIpc) is 2.53. The molecule has 0 aliphatic heterocycles. The fourth-order valence-corrected chi connectivity index (χ4v) is 2.39. The van der Waals surface area contributed by atoms with E-state index in [1.54, 1.807) is 31.2 Å². The Morgan fingerprint density at radius 3 is 2.57 bits per heavy atom. The summed E-state index contributed by atoms with van der Waals surface area (Å²) in [5.41, 5.74) is 3.65. The van der Waals surface area contributed by atoms with Crippen molar-refractivity contribution in [3.05, 3.63) is 65.2 Å². The van der Waals surface area contributed by atoms with Crippen LogP contribution in [0.15, 0.2) is 48.5 Å². The van der Waals surface area contributed by atoms with Gasteiger partial charge in [-0.1, -0.05) is 36.4 Å². The molecule has 2 aromatic carbocycles. The molecule has 0 aliphatic rings. The van der Waals surface area contributed by atoms with Gasteiger partial charge in [-0.2, -0.15) is 0 Å². The molecule has 0 radical (unpaired) electrons. The van der Waals surface area contributed by atoms with Crippen LogP contribution >= 0.6 is 0 Å². The Morgan fingerprint density at radius 2 is 1.87 bits per heavy atom. The molecule has 0 aliphatic carbocycles. The number of carboxylic acids is 1. The normalized spacial score (nSPS) is 11.7. The van der Waals surface area contributed by atoms with E-state index < -0.39 is 11.9 Å². The summed E-state index contributed by atoms with van der Waals surface area (Å²) >= 11 is 0. The van der Waals surface area contributed by atoms with E-state index in [4.69, 9.17) is 5.11 Å². The number of benzene rings is 2. The average molecular weight is 311 g/mol. The number of aryl methyl sites for hydroxylation is 2. The van der Waals surface area contributed by atoms with Gasteiger partial charge in [-0.3, -0.25) is 9.59 Å². The Kier molecular flexibility index (Phi) is 5.52. The van der Waals surface area contributed by atoms with Gasteiger partial charge >= 0.3 is 5.97 Å². The van der Waals surface area contributed by atoms with Crippen molar-refractivity contribution in [1.82, 2.24) is 0 Å². The van der Waals surface area contributed by atoms with Gasteiger partial charge in [0.15, 0.2) is 0 Å². The molecule has 0 bridgehead atoms. The van der Waals surface area contributed by atoms with Crippen molar-refractivity contribution in [2.45, 2.75) is 32.6 Å². The lowest BCUT2D eigenvalue weighted by atomic mass is 10.0. The van der Waals surface area contributed by atoms with Crippen molar-refractivity contribution in [2.75, 3.05) is 5.32 Å². The first-order valence-electron chi connectivity index (χ1n) is 7.64. The molecule has 1 atom stereocenters. The molecule has 23 heavy (non-hydrogen) atoms. The van der Waals surface area contributed by atoms with Gasteiger partial charge in [-0.25, -0.2) is 0 Å². The van der Waals surface area contributed by atoms with Gasteiger partial charge < -0.3 is 10.4 Å². The van der Waals surface area contributed by atoms with E-state index >= 15 is 0 Å². The van der Waals surface area contributed by atoms with Gasteiger partial charge in [-0.15, -0.1) is 0 Å². The molecule has 0 spiro atoms. The van der Waals surface area contributed by atoms with Gasteiger partial charge in [0.2, 0.25) is 5.91 Å². The minimum Gasteiger partial charge on any atom is -0.481 e. The number of nitrogens with one attached hydrogen (secondary N) is 1. The van der Waals surface area contributed by atoms with E-state index in [1.165, 1.54) is 5.56 Å². The lowest BCUT2D eigenvalue weighted by Crippen LogP contribution is -2.13. The van der Waals surface area contributed by atoms with Crippen LogP contribution < -0.4 is 5.32 Å². The van der Waals surface area contributed by atoms with Gasteiger partial charge in [0.25, 0.3) is 0 Å². The van der Waals surface area contributed by atoms with Gasteiger partial charge in [-0.05, 0) is 49.1 Å². The molecule has 0 heterocycles. The second-order valence-electron chi connectivity index (χ2n) is 5.66. The quantitative estimate of drug-likeness (QED) is 0.853. The van der Waals surface area contributed by atoms with E-state index in [9.17, 15) is 9.59 Å². The summed E-state index contributed by atoms with van der Waals surface area (Å²) in [5.74, 6) is -1.56. The van der Waals surface area contributed by atoms with Crippen molar-refractivity contribution in [1.29, 1.82) is 0 Å². The van der Waals surface area contributed by atoms with Crippen LogP contribution in [0.2, 0.25) is 0 Å². The van der Waals surface area contributed by atoms with Crippen LogP contribution in [-0.4, -0.2) is 17.0 Å². The second-order valence-corrected chi connectivity index (χ2v) is 5.66. The topological polar surface area (TPSA) is 66.4 Å². The Balaban J connectivity index is 1.96. The molecule has 1 unspecified atom stereocenters. The van der Waals surface area contributed by atoms with Crippen molar-refractivity contribution in [3.63, 3.8) is 0 Å².